The number of carbonyl (C=O) groups excluding carboxylic acids is 1. The largest absolute Gasteiger partial charge is 0.473 e. The molecule has 1 aliphatic carbocycles. The van der Waals surface area contributed by atoms with Gasteiger partial charge in [-0.3, -0.25) is 14.3 Å². The quantitative estimate of drug-likeness (QED) is 0.366. The van der Waals surface area contributed by atoms with Crippen molar-refractivity contribution in [2.24, 2.45) is 7.05 Å². The molecule has 0 bridgehead atoms. The molecule has 0 saturated heterocycles. The molecule has 0 unspecified atom stereocenters. The lowest BCUT2D eigenvalue weighted by Gasteiger charge is -2.29. The molecule has 0 aliphatic heterocycles. The van der Waals surface area contributed by atoms with Gasteiger partial charge in [-0.15, -0.1) is 5.10 Å². The van der Waals surface area contributed by atoms with Crippen LogP contribution in [0.5, 0.6) is 5.88 Å². The van der Waals surface area contributed by atoms with Gasteiger partial charge in [-0.2, -0.15) is 5.10 Å². The number of aromatic nitrogens is 5. The van der Waals surface area contributed by atoms with Gasteiger partial charge in [0.25, 0.3) is 5.56 Å². The van der Waals surface area contributed by atoms with Crippen molar-refractivity contribution in [3.05, 3.63) is 64.6 Å². The van der Waals surface area contributed by atoms with Gasteiger partial charge in [0.15, 0.2) is 0 Å². The van der Waals surface area contributed by atoms with Crippen LogP contribution in [-0.2, 0) is 18.4 Å². The Balaban J connectivity index is 1.38. The Morgan fingerprint density at radius 2 is 1.84 bits per heavy atom. The highest BCUT2D eigenvalue weighted by Crippen LogP contribution is 2.36. The first-order valence-corrected chi connectivity index (χ1v) is 13.1. The molecule has 3 heterocycles. The van der Waals surface area contributed by atoms with E-state index in [1.807, 2.05) is 30.5 Å². The molecule has 1 amide bonds. The van der Waals surface area contributed by atoms with Crippen LogP contribution in [0.3, 0.4) is 0 Å². The number of hydrogen-bond donors (Lipinski definition) is 2. The van der Waals surface area contributed by atoms with Crippen LogP contribution in [0.25, 0.3) is 22.2 Å². The van der Waals surface area contributed by atoms with Crippen LogP contribution in [0, 0.1) is 0 Å². The van der Waals surface area contributed by atoms with Crippen LogP contribution >= 0.6 is 0 Å². The van der Waals surface area contributed by atoms with Gasteiger partial charge in [0.05, 0.1) is 11.6 Å². The lowest BCUT2D eigenvalue weighted by molar-refractivity contribution is -0.119. The molecular weight excluding hydrogens is 482 g/mol. The fraction of sp³-hybridized carbons (Fsp3) is 0.393. The predicted octanol–water partition coefficient (Wildman–Crippen LogP) is 3.82. The number of nitrogens with zero attached hydrogens (tertiary/aromatic N) is 5. The molecule has 4 aromatic rings. The maximum Gasteiger partial charge on any atom is 0.266 e. The van der Waals surface area contributed by atoms with E-state index in [4.69, 9.17) is 9.84 Å². The SMILES string of the molecule is CCNc1cc2c(cn1)c(-c1ccc(CNC(C)=O)cc1)nn2C1CCC(Oc2ccc(=O)n(C)n2)CC1. The lowest BCUT2D eigenvalue weighted by Crippen LogP contribution is -2.27. The van der Waals surface area contributed by atoms with Gasteiger partial charge in [0.2, 0.25) is 11.8 Å². The molecule has 10 heteroatoms. The third kappa shape index (κ3) is 5.53. The number of benzene rings is 1. The Morgan fingerprint density at radius 3 is 2.53 bits per heavy atom. The van der Waals surface area contributed by atoms with Crippen molar-refractivity contribution < 1.29 is 9.53 Å². The highest BCUT2D eigenvalue weighted by Gasteiger charge is 2.27. The second kappa shape index (κ2) is 11.0. The van der Waals surface area contributed by atoms with E-state index in [9.17, 15) is 9.59 Å². The number of pyridine rings is 1. The molecule has 1 aromatic carbocycles. The Labute approximate surface area is 221 Å². The predicted molar refractivity (Wildman–Crippen MR) is 146 cm³/mol. The molecule has 1 saturated carbocycles. The Kier molecular flexibility index (Phi) is 7.39. The first-order chi connectivity index (χ1) is 18.4. The van der Waals surface area contributed by atoms with Crippen molar-refractivity contribution in [2.45, 2.75) is 58.2 Å². The smallest absolute Gasteiger partial charge is 0.266 e. The highest BCUT2D eigenvalue weighted by molar-refractivity contribution is 5.94. The molecule has 0 atom stereocenters. The van der Waals surface area contributed by atoms with E-state index in [1.54, 1.807) is 13.1 Å². The third-order valence-electron chi connectivity index (χ3n) is 6.93. The van der Waals surface area contributed by atoms with Gasteiger partial charge in [-0.05, 0) is 38.2 Å². The summed E-state index contributed by atoms with van der Waals surface area (Å²) in [5.74, 6) is 1.26. The Bertz CT molecular complexity index is 1480. The number of rotatable bonds is 8. The monoisotopic (exact) mass is 515 g/mol. The number of fused-ring (bicyclic) bond motifs is 1. The van der Waals surface area contributed by atoms with Gasteiger partial charge in [-0.1, -0.05) is 24.3 Å². The summed E-state index contributed by atoms with van der Waals surface area (Å²) in [5.41, 5.74) is 3.84. The van der Waals surface area contributed by atoms with E-state index in [0.717, 1.165) is 65.8 Å². The number of anilines is 1. The molecule has 38 heavy (non-hydrogen) atoms. The fourth-order valence-electron chi connectivity index (χ4n) is 4.93. The molecule has 198 valence electrons. The zero-order valence-electron chi connectivity index (χ0n) is 22.0. The van der Waals surface area contributed by atoms with Crippen molar-refractivity contribution in [2.75, 3.05) is 11.9 Å². The standard InChI is InChI=1S/C28H33N7O3/c1-4-29-25-15-24-23(17-31-25)28(20-7-5-19(6-8-20)16-30-18(2)36)33-35(24)21-9-11-22(12-10-21)38-26-13-14-27(37)34(3)32-26/h5-8,13-15,17,21-22H,4,9-12,16H2,1-3H3,(H,29,31)(H,30,36). The number of ether oxygens (including phenoxy) is 1. The van der Waals surface area contributed by atoms with E-state index in [-0.39, 0.29) is 23.6 Å². The molecule has 1 fully saturated rings. The lowest BCUT2D eigenvalue weighted by atomic mass is 9.93. The molecule has 2 N–H and O–H groups in total. The summed E-state index contributed by atoms with van der Waals surface area (Å²) in [4.78, 5) is 27.5. The van der Waals surface area contributed by atoms with Crippen LogP contribution in [0.1, 0.15) is 51.1 Å². The maximum atomic E-state index is 11.6. The zero-order valence-corrected chi connectivity index (χ0v) is 22.0. The van der Waals surface area contributed by atoms with Crippen LogP contribution in [0.15, 0.2) is 53.5 Å². The highest BCUT2D eigenvalue weighted by atomic mass is 16.5. The molecule has 0 spiro atoms. The van der Waals surface area contributed by atoms with Gasteiger partial charge >= 0.3 is 0 Å². The Hall–Kier alpha value is -4.21. The van der Waals surface area contributed by atoms with E-state index in [1.165, 1.54) is 17.7 Å². The average molecular weight is 516 g/mol. The number of carbonyl (C=O) groups is 1. The summed E-state index contributed by atoms with van der Waals surface area (Å²) in [6.07, 6.45) is 5.52. The summed E-state index contributed by atoms with van der Waals surface area (Å²) in [6, 6.07) is 13.6. The van der Waals surface area contributed by atoms with Gasteiger partial charge in [-0.25, -0.2) is 9.67 Å². The van der Waals surface area contributed by atoms with Crippen molar-refractivity contribution >= 4 is 22.6 Å². The van der Waals surface area contributed by atoms with Gasteiger partial charge < -0.3 is 15.4 Å². The maximum absolute atomic E-state index is 11.6. The van der Waals surface area contributed by atoms with Crippen molar-refractivity contribution in [3.8, 4) is 17.1 Å². The van der Waals surface area contributed by atoms with Crippen molar-refractivity contribution in [1.29, 1.82) is 0 Å². The molecular formula is C28H33N7O3. The van der Waals surface area contributed by atoms with Gasteiger partial charge in [0, 0.05) is 62.4 Å². The minimum atomic E-state index is -0.156. The minimum Gasteiger partial charge on any atom is -0.473 e. The minimum absolute atomic E-state index is 0.0488. The van der Waals surface area contributed by atoms with Crippen molar-refractivity contribution in [1.82, 2.24) is 29.9 Å². The third-order valence-corrected chi connectivity index (χ3v) is 6.93. The van der Waals surface area contributed by atoms with Gasteiger partial charge in [0.1, 0.15) is 17.6 Å². The Morgan fingerprint density at radius 1 is 1.08 bits per heavy atom. The van der Waals surface area contributed by atoms with Crippen molar-refractivity contribution in [3.63, 3.8) is 0 Å². The fourth-order valence-corrected chi connectivity index (χ4v) is 4.93. The molecule has 1 aliphatic rings. The normalized spacial score (nSPS) is 17.3. The number of amides is 1. The van der Waals surface area contributed by atoms with E-state index in [0.29, 0.717) is 12.4 Å². The molecule has 3 aromatic heterocycles. The van der Waals surface area contributed by atoms with Crippen LogP contribution in [0.4, 0.5) is 5.82 Å². The molecule has 5 rings (SSSR count). The van der Waals surface area contributed by atoms with Crippen LogP contribution < -0.4 is 20.9 Å². The second-order valence-electron chi connectivity index (χ2n) is 9.70. The number of aryl methyl sites for hydroxylation is 1. The summed E-state index contributed by atoms with van der Waals surface area (Å²) in [6.45, 7) is 4.86. The van der Waals surface area contributed by atoms with E-state index < -0.39 is 0 Å². The average Bonchev–Trinajstić information content (AvgIpc) is 3.29. The zero-order chi connectivity index (χ0) is 26.6. The summed E-state index contributed by atoms with van der Waals surface area (Å²) in [7, 11) is 1.62. The number of nitrogens with one attached hydrogen (secondary N) is 2. The molecule has 10 nitrogen and oxygen atoms in total. The summed E-state index contributed by atoms with van der Waals surface area (Å²) >= 11 is 0. The van der Waals surface area contributed by atoms with E-state index >= 15 is 0 Å². The van der Waals surface area contributed by atoms with Crippen LogP contribution in [0.2, 0.25) is 0 Å². The summed E-state index contributed by atoms with van der Waals surface area (Å²) in [5, 5.41) is 16.5. The molecule has 0 radical (unpaired) electrons. The topological polar surface area (TPSA) is 116 Å². The second-order valence-corrected chi connectivity index (χ2v) is 9.70. The summed E-state index contributed by atoms with van der Waals surface area (Å²) < 4.78 is 9.53. The first-order valence-electron chi connectivity index (χ1n) is 13.1. The van der Waals surface area contributed by atoms with E-state index in [2.05, 4.69) is 38.4 Å². The first kappa shape index (κ1) is 25.4. The number of hydrogen-bond acceptors (Lipinski definition) is 7. The van der Waals surface area contributed by atoms with Crippen LogP contribution in [-0.4, -0.2) is 43.1 Å².